The molecule has 0 aliphatic heterocycles. The molecule has 0 saturated carbocycles. The molecule has 0 aliphatic carbocycles. The van der Waals surface area contributed by atoms with Gasteiger partial charge >= 0.3 is 5.97 Å². The Balaban J connectivity index is 2.00. The smallest absolute Gasteiger partial charge is 0.318 e. The minimum absolute atomic E-state index is 0.315. The number of hydrogen-bond donors (Lipinski definition) is 1. The third-order valence-electron chi connectivity index (χ3n) is 2.29. The molecule has 0 spiro atoms. The minimum Gasteiger partial charge on any atom is -0.468 e. The Kier molecular flexibility index (Phi) is 4.91. The maximum Gasteiger partial charge on any atom is 0.318 e. The molecular weight excluding hydrogens is 301 g/mol. The van der Waals surface area contributed by atoms with E-state index in [1.807, 2.05) is 0 Å². The van der Waals surface area contributed by atoms with E-state index >= 15 is 0 Å². The van der Waals surface area contributed by atoms with Gasteiger partial charge in [-0.1, -0.05) is 29.2 Å². The number of ether oxygens (including phenoxy) is 1. The van der Waals surface area contributed by atoms with Gasteiger partial charge in [0.1, 0.15) is 11.1 Å². The third-order valence-corrected chi connectivity index (χ3v) is 4.29. The predicted octanol–water partition coefficient (Wildman–Crippen LogP) is 3.07. The molecule has 5 nitrogen and oxygen atoms in total. The van der Waals surface area contributed by atoms with Gasteiger partial charge < -0.3 is 10.1 Å². The van der Waals surface area contributed by atoms with Crippen LogP contribution in [0, 0.1) is 5.82 Å². The Morgan fingerprint density at radius 1 is 1.50 bits per heavy atom. The molecule has 106 valence electrons. The van der Waals surface area contributed by atoms with E-state index in [1.165, 1.54) is 42.3 Å². The maximum absolute atomic E-state index is 13.0. The predicted molar refractivity (Wildman–Crippen MR) is 76.9 cm³/mol. The number of thioether (sulfide) groups is 1. The molecule has 1 N–H and O–H groups in total. The van der Waals surface area contributed by atoms with E-state index in [-0.39, 0.29) is 17.0 Å². The summed E-state index contributed by atoms with van der Waals surface area (Å²) in [5.41, 5.74) is 0.596. The number of nitrogens with one attached hydrogen (secondary N) is 1. The van der Waals surface area contributed by atoms with Crippen molar-refractivity contribution in [2.75, 3.05) is 12.4 Å². The quantitative estimate of drug-likeness (QED) is 0.676. The lowest BCUT2D eigenvalue weighted by Crippen LogP contribution is -2.14. The first-order valence-electron chi connectivity index (χ1n) is 5.69. The molecule has 0 radical (unpaired) electrons. The molecule has 1 aromatic carbocycles. The van der Waals surface area contributed by atoms with Gasteiger partial charge in [-0.05, 0) is 25.1 Å². The van der Waals surface area contributed by atoms with Gasteiger partial charge in [0.05, 0.1) is 7.11 Å². The number of esters is 1. The summed E-state index contributed by atoms with van der Waals surface area (Å²) >= 11 is 2.56. The molecule has 2 rings (SSSR count). The minimum atomic E-state index is -0.352. The van der Waals surface area contributed by atoms with Crippen LogP contribution < -0.4 is 5.32 Å². The van der Waals surface area contributed by atoms with Crippen molar-refractivity contribution in [3.8, 4) is 0 Å². The van der Waals surface area contributed by atoms with Crippen molar-refractivity contribution in [2.24, 2.45) is 0 Å². The van der Waals surface area contributed by atoms with Crippen LogP contribution in [0.25, 0.3) is 0 Å². The van der Waals surface area contributed by atoms with Gasteiger partial charge in [0, 0.05) is 5.69 Å². The van der Waals surface area contributed by atoms with E-state index in [4.69, 9.17) is 0 Å². The highest BCUT2D eigenvalue weighted by atomic mass is 32.2. The number of rotatable bonds is 5. The first-order valence-corrected chi connectivity index (χ1v) is 7.38. The molecule has 1 heterocycles. The van der Waals surface area contributed by atoms with Gasteiger partial charge in [-0.25, -0.2) is 4.39 Å². The van der Waals surface area contributed by atoms with Crippen LogP contribution in [0.5, 0.6) is 0 Å². The highest BCUT2D eigenvalue weighted by Gasteiger charge is 2.17. The van der Waals surface area contributed by atoms with Gasteiger partial charge in [-0.2, -0.15) is 0 Å². The molecule has 20 heavy (non-hydrogen) atoms. The zero-order valence-corrected chi connectivity index (χ0v) is 12.4. The topological polar surface area (TPSA) is 64.1 Å². The second-order valence-electron chi connectivity index (χ2n) is 3.79. The summed E-state index contributed by atoms with van der Waals surface area (Å²) in [7, 11) is 1.34. The molecule has 1 aromatic heterocycles. The summed E-state index contributed by atoms with van der Waals surface area (Å²) in [6.07, 6.45) is 0. The van der Waals surface area contributed by atoms with E-state index < -0.39 is 0 Å². The molecule has 0 aliphatic rings. The fraction of sp³-hybridized carbons (Fsp3) is 0.250. The van der Waals surface area contributed by atoms with Crippen molar-refractivity contribution in [3.05, 3.63) is 30.1 Å². The number of benzene rings is 1. The van der Waals surface area contributed by atoms with Crippen molar-refractivity contribution >= 4 is 39.9 Å². The van der Waals surface area contributed by atoms with E-state index in [0.717, 1.165) is 0 Å². The van der Waals surface area contributed by atoms with Crippen LogP contribution >= 0.6 is 23.1 Å². The third kappa shape index (κ3) is 3.91. The molecule has 0 amide bonds. The van der Waals surface area contributed by atoms with Crippen LogP contribution in [-0.4, -0.2) is 28.5 Å². The van der Waals surface area contributed by atoms with Crippen LogP contribution in [0.4, 0.5) is 15.2 Å². The van der Waals surface area contributed by atoms with E-state index in [0.29, 0.717) is 15.2 Å². The molecule has 0 bridgehead atoms. The number of carbonyl (C=O) groups is 1. The number of carbonyl (C=O) groups excluding carboxylic acids is 1. The second kappa shape index (κ2) is 6.67. The highest BCUT2D eigenvalue weighted by Crippen LogP contribution is 2.30. The monoisotopic (exact) mass is 313 g/mol. The van der Waals surface area contributed by atoms with Crippen molar-refractivity contribution in [3.63, 3.8) is 0 Å². The molecule has 0 unspecified atom stereocenters. The summed E-state index contributed by atoms with van der Waals surface area (Å²) in [6, 6.07) is 6.07. The summed E-state index contributed by atoms with van der Waals surface area (Å²) in [5, 5.41) is 11.0. The van der Waals surface area contributed by atoms with E-state index in [1.54, 1.807) is 19.1 Å². The van der Waals surface area contributed by atoms with Gasteiger partial charge in [0.2, 0.25) is 5.13 Å². The lowest BCUT2D eigenvalue weighted by Gasteiger charge is -2.04. The summed E-state index contributed by atoms with van der Waals surface area (Å²) in [4.78, 5) is 11.3. The average molecular weight is 313 g/mol. The number of anilines is 2. The normalized spacial score (nSPS) is 11.9. The van der Waals surface area contributed by atoms with Crippen LogP contribution in [0.15, 0.2) is 28.6 Å². The van der Waals surface area contributed by atoms with E-state index in [2.05, 4.69) is 20.3 Å². The van der Waals surface area contributed by atoms with E-state index in [9.17, 15) is 9.18 Å². The molecule has 0 fully saturated rings. The highest BCUT2D eigenvalue weighted by molar-refractivity contribution is 8.02. The largest absolute Gasteiger partial charge is 0.468 e. The first kappa shape index (κ1) is 14.7. The fourth-order valence-corrected chi connectivity index (χ4v) is 3.31. The zero-order chi connectivity index (χ0) is 14.5. The van der Waals surface area contributed by atoms with Crippen molar-refractivity contribution in [1.29, 1.82) is 0 Å². The van der Waals surface area contributed by atoms with Crippen molar-refractivity contribution in [1.82, 2.24) is 10.2 Å². The van der Waals surface area contributed by atoms with Crippen LogP contribution in [0.3, 0.4) is 0 Å². The van der Waals surface area contributed by atoms with Gasteiger partial charge in [0.15, 0.2) is 4.34 Å². The van der Waals surface area contributed by atoms with Gasteiger partial charge in [-0.15, -0.1) is 10.2 Å². The number of aromatic nitrogens is 2. The Hall–Kier alpha value is -1.67. The average Bonchev–Trinajstić information content (AvgIpc) is 2.85. The number of halogens is 1. The van der Waals surface area contributed by atoms with Crippen LogP contribution in [0.2, 0.25) is 0 Å². The van der Waals surface area contributed by atoms with Gasteiger partial charge in [0.25, 0.3) is 0 Å². The number of nitrogens with zero attached hydrogens (tertiary/aromatic N) is 2. The zero-order valence-electron chi connectivity index (χ0n) is 10.8. The maximum atomic E-state index is 13.0. The standard InChI is InChI=1S/C12H12FN3O2S2/c1-7(10(17)18-2)19-12-16-15-11(20-12)14-9-5-3-4-8(13)6-9/h3-7H,1-2H3,(H,14,15)/t7-/m1/s1. The Bertz CT molecular complexity index is 606. The lowest BCUT2D eigenvalue weighted by molar-refractivity contribution is -0.139. The summed E-state index contributed by atoms with van der Waals surface area (Å²) in [5.74, 6) is -0.640. The number of hydrogen-bond acceptors (Lipinski definition) is 7. The summed E-state index contributed by atoms with van der Waals surface area (Å²) in [6.45, 7) is 1.73. The second-order valence-corrected chi connectivity index (χ2v) is 6.36. The molecule has 1 atom stereocenters. The van der Waals surface area contributed by atoms with Crippen LogP contribution in [0.1, 0.15) is 6.92 Å². The Morgan fingerprint density at radius 2 is 2.30 bits per heavy atom. The number of methoxy groups -OCH3 is 1. The van der Waals surface area contributed by atoms with Crippen molar-refractivity contribution in [2.45, 2.75) is 16.5 Å². The Labute approximate surface area is 123 Å². The first-order chi connectivity index (χ1) is 9.58. The SMILES string of the molecule is COC(=O)[C@@H](C)Sc1nnc(Nc2cccc(F)c2)s1. The summed E-state index contributed by atoms with van der Waals surface area (Å²) < 4.78 is 18.3. The fourth-order valence-electron chi connectivity index (χ4n) is 1.36. The Morgan fingerprint density at radius 3 is 3.00 bits per heavy atom. The van der Waals surface area contributed by atoms with Crippen molar-refractivity contribution < 1.29 is 13.9 Å². The molecule has 2 aromatic rings. The van der Waals surface area contributed by atoms with Crippen LogP contribution in [-0.2, 0) is 9.53 Å². The molecular formula is C12H12FN3O2S2. The van der Waals surface area contributed by atoms with Gasteiger partial charge in [-0.3, -0.25) is 4.79 Å². The molecule has 8 heteroatoms. The molecule has 0 saturated heterocycles. The lowest BCUT2D eigenvalue weighted by atomic mass is 10.3.